The van der Waals surface area contributed by atoms with E-state index in [-0.39, 0.29) is 6.04 Å². The van der Waals surface area contributed by atoms with Crippen molar-refractivity contribution in [3.05, 3.63) is 60.0 Å². The Labute approximate surface area is 124 Å². The molecular weight excluding hydrogens is 260 g/mol. The standard InChI is InChI=1S/C17H20N4/c1-3-19-15(13-7-6-10-18-12-13)11-16-14-8-4-5-9-17(14)21(2)20-16/h4-10,12,15,19H,3,11H2,1-2H3. The largest absolute Gasteiger partial charge is 0.310 e. The van der Waals surface area contributed by atoms with Crippen LogP contribution >= 0.6 is 0 Å². The number of nitrogens with zero attached hydrogens (tertiary/aromatic N) is 3. The Morgan fingerprint density at radius 3 is 2.81 bits per heavy atom. The van der Waals surface area contributed by atoms with E-state index in [1.807, 2.05) is 30.2 Å². The highest BCUT2D eigenvalue weighted by Crippen LogP contribution is 2.23. The Bertz CT molecular complexity index is 718. The molecule has 4 heteroatoms. The van der Waals surface area contributed by atoms with Gasteiger partial charge >= 0.3 is 0 Å². The Balaban J connectivity index is 1.95. The number of aryl methyl sites for hydroxylation is 1. The van der Waals surface area contributed by atoms with Crippen LogP contribution in [0.4, 0.5) is 0 Å². The third-order valence-corrected chi connectivity index (χ3v) is 3.77. The number of aromatic nitrogens is 3. The molecular formula is C17H20N4. The maximum atomic E-state index is 4.69. The summed E-state index contributed by atoms with van der Waals surface area (Å²) >= 11 is 0. The first-order valence-electron chi connectivity index (χ1n) is 7.33. The maximum Gasteiger partial charge on any atom is 0.0722 e. The molecule has 2 aromatic heterocycles. The summed E-state index contributed by atoms with van der Waals surface area (Å²) in [6, 6.07) is 12.7. The van der Waals surface area contributed by atoms with Crippen molar-refractivity contribution in [1.82, 2.24) is 20.1 Å². The van der Waals surface area contributed by atoms with E-state index in [2.05, 4.69) is 47.6 Å². The number of hydrogen-bond acceptors (Lipinski definition) is 3. The van der Waals surface area contributed by atoms with E-state index >= 15 is 0 Å². The molecule has 0 aliphatic rings. The second kappa shape index (κ2) is 6.06. The molecule has 0 fully saturated rings. The number of likely N-dealkylation sites (N-methyl/N-ethyl adjacent to an activating group) is 1. The summed E-state index contributed by atoms with van der Waals surface area (Å²) in [4.78, 5) is 4.23. The molecule has 1 atom stereocenters. The number of nitrogens with one attached hydrogen (secondary N) is 1. The summed E-state index contributed by atoms with van der Waals surface area (Å²) in [5.41, 5.74) is 3.51. The van der Waals surface area contributed by atoms with E-state index in [1.54, 1.807) is 0 Å². The number of pyridine rings is 1. The maximum absolute atomic E-state index is 4.69. The van der Waals surface area contributed by atoms with Crippen LogP contribution in [0.2, 0.25) is 0 Å². The zero-order valence-corrected chi connectivity index (χ0v) is 12.5. The van der Waals surface area contributed by atoms with Crippen LogP contribution in [0.15, 0.2) is 48.8 Å². The molecule has 21 heavy (non-hydrogen) atoms. The Kier molecular flexibility index (Phi) is 3.97. The smallest absolute Gasteiger partial charge is 0.0722 e. The first kappa shape index (κ1) is 13.8. The molecule has 3 rings (SSSR count). The Morgan fingerprint density at radius 2 is 2.05 bits per heavy atom. The van der Waals surface area contributed by atoms with Crippen molar-refractivity contribution in [2.24, 2.45) is 7.05 Å². The van der Waals surface area contributed by atoms with Crippen LogP contribution in [0.25, 0.3) is 10.9 Å². The summed E-state index contributed by atoms with van der Waals surface area (Å²) in [7, 11) is 2.00. The van der Waals surface area contributed by atoms with Crippen molar-refractivity contribution in [3.63, 3.8) is 0 Å². The third kappa shape index (κ3) is 2.81. The van der Waals surface area contributed by atoms with Crippen LogP contribution < -0.4 is 5.32 Å². The fraction of sp³-hybridized carbons (Fsp3) is 0.294. The van der Waals surface area contributed by atoms with E-state index in [4.69, 9.17) is 5.10 Å². The summed E-state index contributed by atoms with van der Waals surface area (Å²) < 4.78 is 1.96. The van der Waals surface area contributed by atoms with Gasteiger partial charge in [0, 0.05) is 37.3 Å². The average Bonchev–Trinajstić information content (AvgIpc) is 2.85. The molecule has 0 spiro atoms. The number of rotatable bonds is 5. The van der Waals surface area contributed by atoms with Gasteiger partial charge in [-0.15, -0.1) is 0 Å². The lowest BCUT2D eigenvalue weighted by atomic mass is 10.0. The van der Waals surface area contributed by atoms with Crippen LogP contribution in [0.1, 0.15) is 24.2 Å². The molecule has 3 aromatic rings. The molecule has 2 heterocycles. The van der Waals surface area contributed by atoms with Crippen LogP contribution in [-0.4, -0.2) is 21.3 Å². The lowest BCUT2D eigenvalue weighted by Crippen LogP contribution is -2.23. The molecule has 1 unspecified atom stereocenters. The van der Waals surface area contributed by atoms with Crippen molar-refractivity contribution >= 4 is 10.9 Å². The molecule has 0 aliphatic heterocycles. The molecule has 0 amide bonds. The lowest BCUT2D eigenvalue weighted by Gasteiger charge is -2.17. The zero-order valence-electron chi connectivity index (χ0n) is 12.5. The van der Waals surface area contributed by atoms with Gasteiger partial charge in [-0.05, 0) is 24.2 Å². The van der Waals surface area contributed by atoms with Crippen molar-refractivity contribution in [2.45, 2.75) is 19.4 Å². The molecule has 0 radical (unpaired) electrons. The highest BCUT2D eigenvalue weighted by Gasteiger charge is 2.16. The predicted molar refractivity (Wildman–Crippen MR) is 85.1 cm³/mol. The van der Waals surface area contributed by atoms with Crippen LogP contribution in [0, 0.1) is 0 Å². The van der Waals surface area contributed by atoms with Gasteiger partial charge in [0.15, 0.2) is 0 Å². The van der Waals surface area contributed by atoms with Gasteiger partial charge in [-0.2, -0.15) is 5.10 Å². The summed E-state index contributed by atoms with van der Waals surface area (Å²) in [6.07, 6.45) is 4.60. The van der Waals surface area contributed by atoms with Gasteiger partial charge in [0.1, 0.15) is 0 Å². The van der Waals surface area contributed by atoms with Crippen molar-refractivity contribution < 1.29 is 0 Å². The molecule has 1 N–H and O–H groups in total. The second-order valence-corrected chi connectivity index (χ2v) is 5.19. The number of fused-ring (bicyclic) bond motifs is 1. The third-order valence-electron chi connectivity index (χ3n) is 3.77. The van der Waals surface area contributed by atoms with E-state index in [0.717, 1.165) is 18.7 Å². The minimum Gasteiger partial charge on any atom is -0.310 e. The molecule has 0 aliphatic carbocycles. The highest BCUT2D eigenvalue weighted by atomic mass is 15.3. The molecule has 0 bridgehead atoms. The van der Waals surface area contributed by atoms with Crippen molar-refractivity contribution in [3.8, 4) is 0 Å². The van der Waals surface area contributed by atoms with Gasteiger partial charge in [-0.3, -0.25) is 9.67 Å². The minimum absolute atomic E-state index is 0.238. The molecule has 0 saturated heterocycles. The summed E-state index contributed by atoms with van der Waals surface area (Å²) in [6.45, 7) is 3.05. The van der Waals surface area contributed by atoms with Gasteiger partial charge in [-0.1, -0.05) is 31.2 Å². The molecule has 4 nitrogen and oxygen atoms in total. The van der Waals surface area contributed by atoms with Crippen LogP contribution in [-0.2, 0) is 13.5 Å². The first-order valence-corrected chi connectivity index (χ1v) is 7.33. The summed E-state index contributed by atoms with van der Waals surface area (Å²) in [5.74, 6) is 0. The van der Waals surface area contributed by atoms with Crippen LogP contribution in [0.5, 0.6) is 0 Å². The van der Waals surface area contributed by atoms with Crippen molar-refractivity contribution in [2.75, 3.05) is 6.54 Å². The molecule has 108 valence electrons. The lowest BCUT2D eigenvalue weighted by molar-refractivity contribution is 0.540. The Hall–Kier alpha value is -2.20. The van der Waals surface area contributed by atoms with E-state index < -0.39 is 0 Å². The quantitative estimate of drug-likeness (QED) is 0.781. The minimum atomic E-state index is 0.238. The Morgan fingerprint density at radius 1 is 1.19 bits per heavy atom. The fourth-order valence-electron chi connectivity index (χ4n) is 2.77. The summed E-state index contributed by atoms with van der Waals surface area (Å²) in [5, 5.41) is 9.45. The van der Waals surface area contributed by atoms with Gasteiger partial charge in [-0.25, -0.2) is 0 Å². The predicted octanol–water partition coefficient (Wildman–Crippen LogP) is 2.86. The van der Waals surface area contributed by atoms with Gasteiger partial charge in [0.25, 0.3) is 0 Å². The second-order valence-electron chi connectivity index (χ2n) is 5.19. The highest BCUT2D eigenvalue weighted by molar-refractivity contribution is 5.81. The van der Waals surface area contributed by atoms with Gasteiger partial charge < -0.3 is 5.32 Å². The van der Waals surface area contributed by atoms with Crippen molar-refractivity contribution in [1.29, 1.82) is 0 Å². The monoisotopic (exact) mass is 280 g/mol. The van der Waals surface area contributed by atoms with Gasteiger partial charge in [0.05, 0.1) is 11.2 Å². The molecule has 1 aromatic carbocycles. The SMILES string of the molecule is CCNC(Cc1nn(C)c2ccccc12)c1cccnc1. The topological polar surface area (TPSA) is 42.7 Å². The van der Waals surface area contributed by atoms with E-state index in [1.165, 1.54) is 16.5 Å². The number of hydrogen-bond donors (Lipinski definition) is 1. The normalized spacial score (nSPS) is 12.7. The number of para-hydroxylation sites is 1. The average molecular weight is 280 g/mol. The number of benzene rings is 1. The van der Waals surface area contributed by atoms with E-state index in [0.29, 0.717) is 0 Å². The molecule has 0 saturated carbocycles. The fourth-order valence-corrected chi connectivity index (χ4v) is 2.77. The zero-order chi connectivity index (χ0) is 14.7. The first-order chi connectivity index (χ1) is 10.3. The van der Waals surface area contributed by atoms with Gasteiger partial charge in [0.2, 0.25) is 0 Å². The van der Waals surface area contributed by atoms with E-state index in [9.17, 15) is 0 Å². The van der Waals surface area contributed by atoms with Crippen LogP contribution in [0.3, 0.4) is 0 Å².